The van der Waals surface area contributed by atoms with Crippen LogP contribution in [0.25, 0.3) is 0 Å². The molecule has 0 aromatic heterocycles. The van der Waals surface area contributed by atoms with Crippen molar-refractivity contribution >= 4 is 11.6 Å². The van der Waals surface area contributed by atoms with E-state index in [0.717, 1.165) is 25.1 Å². The van der Waals surface area contributed by atoms with Crippen molar-refractivity contribution in [1.82, 2.24) is 4.90 Å². The third kappa shape index (κ3) is 6.39. The quantitative estimate of drug-likeness (QED) is 0.449. The van der Waals surface area contributed by atoms with E-state index in [1.165, 1.54) is 25.8 Å². The predicted molar refractivity (Wildman–Crippen MR) is 65.6 cm³/mol. The number of hydrogen-bond acceptors (Lipinski definition) is 2. The van der Waals surface area contributed by atoms with Crippen LogP contribution < -0.4 is 0 Å². The maximum absolute atomic E-state index is 5.56. The van der Waals surface area contributed by atoms with Gasteiger partial charge in [-0.1, -0.05) is 13.8 Å². The third-order valence-corrected chi connectivity index (χ3v) is 2.96. The van der Waals surface area contributed by atoms with Gasteiger partial charge in [0.2, 0.25) is 0 Å². The van der Waals surface area contributed by atoms with E-state index in [0.29, 0.717) is 12.5 Å². The van der Waals surface area contributed by atoms with Gasteiger partial charge in [-0.3, -0.25) is 4.90 Å². The van der Waals surface area contributed by atoms with Gasteiger partial charge in [0.05, 0.1) is 13.2 Å². The normalized spacial score (nSPS) is 16.6. The van der Waals surface area contributed by atoms with Crippen LogP contribution in [0.4, 0.5) is 0 Å². The Bertz CT molecular complexity index is 160. The molecule has 0 atom stereocenters. The highest BCUT2D eigenvalue weighted by molar-refractivity contribution is 6.17. The lowest BCUT2D eigenvalue weighted by atomic mass is 10.1. The van der Waals surface area contributed by atoms with Gasteiger partial charge in [0, 0.05) is 18.5 Å². The van der Waals surface area contributed by atoms with Gasteiger partial charge in [-0.15, -0.1) is 11.6 Å². The number of hydrogen-bond donors (Lipinski definition) is 0. The van der Waals surface area contributed by atoms with Crippen molar-refractivity contribution in [1.29, 1.82) is 0 Å². The molecule has 0 radical (unpaired) electrons. The molecular formula is C12H24ClNO. The fraction of sp³-hybridized carbons (Fsp3) is 1.00. The molecule has 0 saturated heterocycles. The van der Waals surface area contributed by atoms with Crippen molar-refractivity contribution in [3.8, 4) is 0 Å². The maximum atomic E-state index is 5.56. The summed E-state index contributed by atoms with van der Waals surface area (Å²) in [5, 5.41) is 0. The van der Waals surface area contributed by atoms with Crippen molar-refractivity contribution in [2.45, 2.75) is 39.2 Å². The molecular weight excluding hydrogens is 210 g/mol. The Morgan fingerprint density at radius 2 is 2.00 bits per heavy atom. The highest BCUT2D eigenvalue weighted by Crippen LogP contribution is 2.27. The molecule has 1 saturated carbocycles. The lowest BCUT2D eigenvalue weighted by Crippen LogP contribution is -2.31. The minimum absolute atomic E-state index is 0.607. The van der Waals surface area contributed by atoms with Crippen LogP contribution in [-0.2, 0) is 4.74 Å². The summed E-state index contributed by atoms with van der Waals surface area (Å²) >= 11 is 5.56. The van der Waals surface area contributed by atoms with E-state index in [1.54, 1.807) is 0 Å². The van der Waals surface area contributed by atoms with Gasteiger partial charge in [0.15, 0.2) is 0 Å². The van der Waals surface area contributed by atoms with Crippen molar-refractivity contribution in [2.75, 3.05) is 32.2 Å². The maximum Gasteiger partial charge on any atom is 0.0602 e. The smallest absolute Gasteiger partial charge is 0.0602 e. The van der Waals surface area contributed by atoms with Crippen LogP contribution in [0.1, 0.15) is 33.1 Å². The molecule has 2 nitrogen and oxygen atoms in total. The monoisotopic (exact) mass is 233 g/mol. The van der Waals surface area contributed by atoms with Crippen LogP contribution >= 0.6 is 11.6 Å². The third-order valence-electron chi connectivity index (χ3n) is 2.80. The van der Waals surface area contributed by atoms with Crippen LogP contribution in [0, 0.1) is 5.92 Å². The molecule has 3 heteroatoms. The Labute approximate surface area is 98.9 Å². The first-order valence-corrected chi connectivity index (χ1v) is 6.65. The molecule has 1 aliphatic rings. The summed E-state index contributed by atoms with van der Waals surface area (Å²) in [6, 6.07) is 0.850. The molecule has 0 bridgehead atoms. The van der Waals surface area contributed by atoms with Gasteiger partial charge in [-0.2, -0.15) is 0 Å². The number of alkyl halides is 1. The molecule has 1 fully saturated rings. The molecule has 0 N–H and O–H groups in total. The van der Waals surface area contributed by atoms with Crippen molar-refractivity contribution in [3.63, 3.8) is 0 Å². The Morgan fingerprint density at radius 3 is 2.53 bits per heavy atom. The second kappa shape index (κ2) is 7.48. The lowest BCUT2D eigenvalue weighted by molar-refractivity contribution is 0.109. The number of nitrogens with zero attached hydrogens (tertiary/aromatic N) is 1. The minimum Gasteiger partial charge on any atom is -0.379 e. The van der Waals surface area contributed by atoms with Gasteiger partial charge in [0.25, 0.3) is 0 Å². The molecule has 0 unspecified atom stereocenters. The Kier molecular flexibility index (Phi) is 6.62. The van der Waals surface area contributed by atoms with Gasteiger partial charge < -0.3 is 4.74 Å². The van der Waals surface area contributed by atoms with E-state index in [1.807, 2.05) is 0 Å². The molecule has 0 spiro atoms. The first-order chi connectivity index (χ1) is 7.24. The standard InChI is InChI=1S/C12H24ClNO/c1-11(2)5-7-14(12-3-4-12)8-10-15-9-6-13/h11-12H,3-10H2,1-2H3. The second-order valence-electron chi connectivity index (χ2n) is 4.75. The summed E-state index contributed by atoms with van der Waals surface area (Å²) < 4.78 is 5.42. The zero-order chi connectivity index (χ0) is 11.1. The SMILES string of the molecule is CC(C)CCN(CCOCCCl)C1CC1. The molecule has 1 aliphatic carbocycles. The molecule has 90 valence electrons. The van der Waals surface area contributed by atoms with Crippen LogP contribution in [0.15, 0.2) is 0 Å². The highest BCUT2D eigenvalue weighted by Gasteiger charge is 2.28. The number of ether oxygens (including phenoxy) is 1. The van der Waals surface area contributed by atoms with Gasteiger partial charge in [-0.05, 0) is 31.7 Å². The summed E-state index contributed by atoms with van der Waals surface area (Å²) in [7, 11) is 0. The average molecular weight is 234 g/mol. The fourth-order valence-corrected chi connectivity index (χ4v) is 1.79. The van der Waals surface area contributed by atoms with E-state index in [9.17, 15) is 0 Å². The van der Waals surface area contributed by atoms with E-state index in [-0.39, 0.29) is 0 Å². The topological polar surface area (TPSA) is 12.5 Å². The zero-order valence-corrected chi connectivity index (χ0v) is 10.8. The van der Waals surface area contributed by atoms with Gasteiger partial charge in [0.1, 0.15) is 0 Å². The molecule has 0 amide bonds. The molecule has 0 aromatic carbocycles. The largest absolute Gasteiger partial charge is 0.379 e. The summed E-state index contributed by atoms with van der Waals surface area (Å²) in [5.41, 5.74) is 0. The molecule has 0 heterocycles. The van der Waals surface area contributed by atoms with Crippen LogP contribution in [-0.4, -0.2) is 43.1 Å². The van der Waals surface area contributed by atoms with Crippen molar-refractivity contribution in [2.24, 2.45) is 5.92 Å². The summed E-state index contributed by atoms with van der Waals surface area (Å²) in [6.45, 7) is 8.40. The average Bonchev–Trinajstić information content (AvgIpc) is 3.00. The highest BCUT2D eigenvalue weighted by atomic mass is 35.5. The molecule has 15 heavy (non-hydrogen) atoms. The minimum atomic E-state index is 0.607. The lowest BCUT2D eigenvalue weighted by Gasteiger charge is -2.22. The van der Waals surface area contributed by atoms with E-state index >= 15 is 0 Å². The van der Waals surface area contributed by atoms with Crippen LogP contribution in [0.5, 0.6) is 0 Å². The van der Waals surface area contributed by atoms with E-state index in [4.69, 9.17) is 16.3 Å². The number of rotatable bonds is 9. The van der Waals surface area contributed by atoms with E-state index in [2.05, 4.69) is 18.7 Å². The molecule has 0 aliphatic heterocycles. The second-order valence-corrected chi connectivity index (χ2v) is 5.13. The summed E-state index contributed by atoms with van der Waals surface area (Å²) in [6.07, 6.45) is 4.06. The van der Waals surface area contributed by atoms with Gasteiger partial charge >= 0.3 is 0 Å². The van der Waals surface area contributed by atoms with Crippen molar-refractivity contribution < 1.29 is 4.74 Å². The summed E-state index contributed by atoms with van der Waals surface area (Å²) in [5.74, 6) is 1.41. The first-order valence-electron chi connectivity index (χ1n) is 6.11. The van der Waals surface area contributed by atoms with Crippen LogP contribution in [0.3, 0.4) is 0 Å². The Morgan fingerprint density at radius 1 is 1.27 bits per heavy atom. The Balaban J connectivity index is 2.07. The Hall–Kier alpha value is 0.210. The number of halogens is 1. The van der Waals surface area contributed by atoms with Crippen LogP contribution in [0.2, 0.25) is 0 Å². The predicted octanol–water partition coefficient (Wildman–Crippen LogP) is 2.75. The fourth-order valence-electron chi connectivity index (χ4n) is 1.68. The van der Waals surface area contributed by atoms with E-state index < -0.39 is 0 Å². The first kappa shape index (κ1) is 13.3. The van der Waals surface area contributed by atoms with Gasteiger partial charge in [-0.25, -0.2) is 0 Å². The summed E-state index contributed by atoms with van der Waals surface area (Å²) in [4.78, 5) is 2.58. The molecule has 1 rings (SSSR count). The van der Waals surface area contributed by atoms with Crippen molar-refractivity contribution in [3.05, 3.63) is 0 Å². The zero-order valence-electron chi connectivity index (χ0n) is 10.0. The molecule has 0 aromatic rings.